The molecule has 7 heteroatoms. The number of carbonyl (C=O) groups is 1. The third kappa shape index (κ3) is 3.88. The maximum Gasteiger partial charge on any atom is 0.280 e. The first kappa shape index (κ1) is 17.4. The second kappa shape index (κ2) is 7.67. The Morgan fingerprint density at radius 2 is 2.04 bits per heavy atom. The summed E-state index contributed by atoms with van der Waals surface area (Å²) < 4.78 is 5.70. The Morgan fingerprint density at radius 1 is 1.22 bits per heavy atom. The van der Waals surface area contributed by atoms with Crippen LogP contribution in [0.2, 0.25) is 0 Å². The summed E-state index contributed by atoms with van der Waals surface area (Å²) in [6.45, 7) is 1.50. The van der Waals surface area contributed by atoms with E-state index in [9.17, 15) is 9.59 Å². The van der Waals surface area contributed by atoms with Crippen molar-refractivity contribution in [3.8, 4) is 0 Å². The van der Waals surface area contributed by atoms with Gasteiger partial charge in [-0.2, -0.15) is 0 Å². The Hall–Kier alpha value is -3.06. The zero-order valence-corrected chi connectivity index (χ0v) is 14.8. The first-order chi connectivity index (χ1) is 13.2. The summed E-state index contributed by atoms with van der Waals surface area (Å²) in [7, 11) is 0. The largest absolute Gasteiger partial charge is 0.376 e. The van der Waals surface area contributed by atoms with Crippen LogP contribution in [0.15, 0.2) is 53.6 Å². The molecule has 1 amide bonds. The Balaban J connectivity index is 1.66. The summed E-state index contributed by atoms with van der Waals surface area (Å²) in [5.74, 6) is -0.394. The highest BCUT2D eigenvalue weighted by Gasteiger charge is 2.26. The molecule has 1 fully saturated rings. The molecule has 0 radical (unpaired) electrons. The van der Waals surface area contributed by atoms with Gasteiger partial charge < -0.3 is 14.6 Å². The molecule has 1 unspecified atom stereocenters. The van der Waals surface area contributed by atoms with Crippen LogP contribution in [0, 0.1) is 0 Å². The number of carbonyl (C=O) groups excluding carboxylic acids is 1. The van der Waals surface area contributed by atoms with Gasteiger partial charge in [0, 0.05) is 32.1 Å². The number of aromatic nitrogens is 3. The summed E-state index contributed by atoms with van der Waals surface area (Å²) in [6.07, 6.45) is 5.24. The van der Waals surface area contributed by atoms with Crippen LogP contribution in [0.25, 0.3) is 11.0 Å². The molecule has 4 rings (SSSR count). The summed E-state index contributed by atoms with van der Waals surface area (Å²) in [5.41, 5.74) is 1.56. The smallest absolute Gasteiger partial charge is 0.280 e. The fourth-order valence-corrected chi connectivity index (χ4v) is 3.29. The maximum atomic E-state index is 13.2. The van der Waals surface area contributed by atoms with Crippen LogP contribution in [0.4, 0.5) is 0 Å². The van der Waals surface area contributed by atoms with Gasteiger partial charge >= 0.3 is 0 Å². The van der Waals surface area contributed by atoms with Gasteiger partial charge in [-0.3, -0.25) is 14.6 Å². The van der Waals surface area contributed by atoms with Crippen LogP contribution in [0.5, 0.6) is 0 Å². The van der Waals surface area contributed by atoms with E-state index < -0.39 is 11.5 Å². The Morgan fingerprint density at radius 3 is 2.81 bits per heavy atom. The number of nitrogens with zero attached hydrogens (tertiary/aromatic N) is 3. The number of fused-ring (bicyclic) bond motifs is 1. The van der Waals surface area contributed by atoms with E-state index >= 15 is 0 Å². The standard InChI is InChI=1S/C20H20N4O3/c25-19-18(22-16-5-1-2-6-17(16)23-19)20(26)24(13-15-4-3-11-27-15)12-14-7-9-21-10-8-14/h1-2,5-10,15H,3-4,11-13H2,(H,23,25). The molecule has 1 N–H and O–H groups in total. The van der Waals surface area contributed by atoms with Crippen LogP contribution in [-0.2, 0) is 11.3 Å². The molecule has 0 saturated carbocycles. The average Bonchev–Trinajstić information content (AvgIpc) is 3.20. The third-order valence-corrected chi connectivity index (χ3v) is 4.66. The lowest BCUT2D eigenvalue weighted by Gasteiger charge is -2.25. The van der Waals surface area contributed by atoms with Crippen molar-refractivity contribution >= 4 is 16.9 Å². The lowest BCUT2D eigenvalue weighted by atomic mass is 10.2. The third-order valence-electron chi connectivity index (χ3n) is 4.66. The molecule has 2 aromatic heterocycles. The molecule has 0 bridgehead atoms. The first-order valence-corrected chi connectivity index (χ1v) is 8.99. The Kier molecular flexibility index (Phi) is 4.93. The van der Waals surface area contributed by atoms with Gasteiger partial charge in [0.05, 0.1) is 17.1 Å². The number of hydrogen-bond donors (Lipinski definition) is 1. The minimum Gasteiger partial charge on any atom is -0.376 e. The molecule has 1 aromatic carbocycles. The van der Waals surface area contributed by atoms with E-state index in [1.54, 1.807) is 29.4 Å². The number of benzene rings is 1. The monoisotopic (exact) mass is 364 g/mol. The first-order valence-electron chi connectivity index (χ1n) is 8.99. The SMILES string of the molecule is O=C(c1nc2ccccc2[nH]c1=O)N(Cc1ccncc1)CC1CCCO1. The summed E-state index contributed by atoms with van der Waals surface area (Å²) >= 11 is 0. The number of H-pyrrole nitrogens is 1. The number of amides is 1. The Labute approximate surface area is 156 Å². The second-order valence-electron chi connectivity index (χ2n) is 6.61. The van der Waals surface area contributed by atoms with Crippen molar-refractivity contribution in [2.75, 3.05) is 13.2 Å². The topological polar surface area (TPSA) is 88.2 Å². The van der Waals surface area contributed by atoms with Gasteiger partial charge in [-0.25, -0.2) is 4.98 Å². The average molecular weight is 364 g/mol. The van der Waals surface area contributed by atoms with Crippen molar-refractivity contribution in [2.45, 2.75) is 25.5 Å². The van der Waals surface area contributed by atoms with Gasteiger partial charge in [0.1, 0.15) is 0 Å². The van der Waals surface area contributed by atoms with E-state index in [0.29, 0.717) is 30.7 Å². The van der Waals surface area contributed by atoms with Crippen LogP contribution in [-0.4, -0.2) is 45.0 Å². The van der Waals surface area contributed by atoms with E-state index in [1.807, 2.05) is 24.3 Å². The van der Waals surface area contributed by atoms with Crippen molar-refractivity contribution in [1.82, 2.24) is 19.9 Å². The zero-order valence-electron chi connectivity index (χ0n) is 14.8. The fourth-order valence-electron chi connectivity index (χ4n) is 3.29. The van der Waals surface area contributed by atoms with Crippen molar-refractivity contribution in [2.24, 2.45) is 0 Å². The van der Waals surface area contributed by atoms with Crippen molar-refractivity contribution < 1.29 is 9.53 Å². The number of rotatable bonds is 5. The molecular formula is C20H20N4O3. The van der Waals surface area contributed by atoms with Crippen LogP contribution in [0.1, 0.15) is 28.9 Å². The van der Waals surface area contributed by atoms with E-state index in [0.717, 1.165) is 18.4 Å². The molecule has 138 valence electrons. The predicted molar refractivity (Wildman–Crippen MR) is 100 cm³/mol. The molecule has 0 aliphatic carbocycles. The van der Waals surface area contributed by atoms with Crippen molar-refractivity contribution in [3.63, 3.8) is 0 Å². The van der Waals surface area contributed by atoms with Gasteiger partial charge in [-0.15, -0.1) is 0 Å². The summed E-state index contributed by atoms with van der Waals surface area (Å²) in [5, 5.41) is 0. The number of ether oxygens (including phenoxy) is 1. The lowest BCUT2D eigenvalue weighted by Crippen LogP contribution is -2.40. The number of aromatic amines is 1. The highest BCUT2D eigenvalue weighted by atomic mass is 16.5. The minimum absolute atomic E-state index is 0.0182. The van der Waals surface area contributed by atoms with Gasteiger partial charge in [0.25, 0.3) is 11.5 Å². The molecular weight excluding hydrogens is 344 g/mol. The molecule has 1 aliphatic rings. The predicted octanol–water partition coefficient (Wildman–Crippen LogP) is 2.14. The van der Waals surface area contributed by atoms with E-state index in [2.05, 4.69) is 15.0 Å². The van der Waals surface area contributed by atoms with Gasteiger partial charge in [-0.05, 0) is 42.7 Å². The molecule has 7 nitrogen and oxygen atoms in total. The van der Waals surface area contributed by atoms with E-state index in [-0.39, 0.29) is 11.8 Å². The number of para-hydroxylation sites is 2. The quantitative estimate of drug-likeness (QED) is 0.749. The van der Waals surface area contributed by atoms with Gasteiger partial charge in [-0.1, -0.05) is 12.1 Å². The van der Waals surface area contributed by atoms with Crippen LogP contribution in [0.3, 0.4) is 0 Å². The lowest BCUT2D eigenvalue weighted by molar-refractivity contribution is 0.0501. The van der Waals surface area contributed by atoms with Crippen molar-refractivity contribution in [1.29, 1.82) is 0 Å². The van der Waals surface area contributed by atoms with Crippen LogP contribution >= 0.6 is 0 Å². The zero-order chi connectivity index (χ0) is 18.6. The fraction of sp³-hybridized carbons (Fsp3) is 0.300. The molecule has 1 saturated heterocycles. The van der Waals surface area contributed by atoms with E-state index in [1.165, 1.54) is 0 Å². The molecule has 27 heavy (non-hydrogen) atoms. The molecule has 0 spiro atoms. The molecule has 1 atom stereocenters. The second-order valence-corrected chi connectivity index (χ2v) is 6.61. The van der Waals surface area contributed by atoms with Gasteiger partial charge in [0.2, 0.25) is 0 Å². The van der Waals surface area contributed by atoms with Crippen molar-refractivity contribution in [3.05, 3.63) is 70.4 Å². The highest BCUT2D eigenvalue weighted by Crippen LogP contribution is 2.16. The number of pyridine rings is 1. The number of nitrogens with one attached hydrogen (secondary N) is 1. The minimum atomic E-state index is -0.481. The number of hydrogen-bond acceptors (Lipinski definition) is 5. The maximum absolute atomic E-state index is 13.2. The van der Waals surface area contributed by atoms with E-state index in [4.69, 9.17) is 4.74 Å². The summed E-state index contributed by atoms with van der Waals surface area (Å²) in [4.78, 5) is 38.4. The highest BCUT2D eigenvalue weighted by molar-refractivity contribution is 5.93. The normalized spacial score (nSPS) is 16.5. The molecule has 1 aliphatic heterocycles. The Bertz CT molecular complexity index is 997. The van der Waals surface area contributed by atoms with Crippen LogP contribution < -0.4 is 5.56 Å². The van der Waals surface area contributed by atoms with Gasteiger partial charge in [0.15, 0.2) is 5.69 Å². The molecule has 3 heterocycles. The summed E-state index contributed by atoms with van der Waals surface area (Å²) in [6, 6.07) is 10.9. The molecule has 3 aromatic rings.